The SMILES string of the molecule is CCCN1CC2CCC(C1)N2c1nc(SCC)nc2c(F)c(-c3ncc(F)c4sc(NC(=O)OC(C)(C)C)c(C#N)c34)c3c(c12)COC3. The smallest absolute Gasteiger partial charge is 0.412 e. The van der Waals surface area contributed by atoms with Gasteiger partial charge in [0, 0.05) is 36.1 Å². The summed E-state index contributed by atoms with van der Waals surface area (Å²) in [4.78, 5) is 31.8. The molecule has 48 heavy (non-hydrogen) atoms. The summed E-state index contributed by atoms with van der Waals surface area (Å²) >= 11 is 2.33. The van der Waals surface area contributed by atoms with E-state index < -0.39 is 23.3 Å². The van der Waals surface area contributed by atoms with Crippen molar-refractivity contribution in [3.63, 3.8) is 0 Å². The van der Waals surface area contributed by atoms with Gasteiger partial charge in [0.2, 0.25) is 0 Å². The Bertz CT molecular complexity index is 1980. The molecule has 2 fully saturated rings. The summed E-state index contributed by atoms with van der Waals surface area (Å²) in [7, 11) is 0. The molecule has 2 saturated heterocycles. The van der Waals surface area contributed by atoms with E-state index in [0.29, 0.717) is 21.9 Å². The first-order valence-electron chi connectivity index (χ1n) is 16.3. The molecule has 10 nitrogen and oxygen atoms in total. The van der Waals surface area contributed by atoms with Crippen LogP contribution < -0.4 is 10.2 Å². The Hall–Kier alpha value is -3.64. The molecule has 1 amide bonds. The van der Waals surface area contributed by atoms with Gasteiger partial charge >= 0.3 is 6.09 Å². The maximum atomic E-state index is 17.3. The summed E-state index contributed by atoms with van der Waals surface area (Å²) in [5, 5.41) is 14.2. The van der Waals surface area contributed by atoms with Gasteiger partial charge in [0.25, 0.3) is 0 Å². The third-order valence-electron chi connectivity index (χ3n) is 9.01. The lowest BCUT2D eigenvalue weighted by molar-refractivity contribution is 0.0636. The molecule has 2 atom stereocenters. The van der Waals surface area contributed by atoms with Crippen LogP contribution in [0.4, 0.5) is 24.4 Å². The number of halogens is 2. The van der Waals surface area contributed by atoms with Crippen LogP contribution in [0.3, 0.4) is 0 Å². The number of aromatic nitrogens is 3. The van der Waals surface area contributed by atoms with Crippen molar-refractivity contribution >= 4 is 61.0 Å². The summed E-state index contributed by atoms with van der Waals surface area (Å²) in [6.07, 6.45) is 3.40. The zero-order valence-electron chi connectivity index (χ0n) is 27.6. The van der Waals surface area contributed by atoms with Crippen molar-refractivity contribution < 1.29 is 23.0 Å². The molecule has 1 N–H and O–H groups in total. The molecule has 14 heteroatoms. The van der Waals surface area contributed by atoms with Gasteiger partial charge in [0.1, 0.15) is 28.0 Å². The van der Waals surface area contributed by atoms with E-state index in [4.69, 9.17) is 19.4 Å². The number of thioether (sulfide) groups is 1. The Labute approximate surface area is 285 Å². The number of hydrogen-bond acceptors (Lipinski definition) is 11. The molecule has 3 aliphatic heterocycles. The molecule has 0 aliphatic carbocycles. The number of ether oxygens (including phenoxy) is 2. The van der Waals surface area contributed by atoms with Crippen LogP contribution in [0.2, 0.25) is 0 Å². The number of amides is 1. The number of nitrogens with one attached hydrogen (secondary N) is 1. The zero-order chi connectivity index (χ0) is 33.9. The number of benzene rings is 1. The quantitative estimate of drug-likeness (QED) is 0.153. The van der Waals surface area contributed by atoms with Gasteiger partial charge in [-0.2, -0.15) is 5.26 Å². The monoisotopic (exact) mass is 693 g/mol. The van der Waals surface area contributed by atoms with Gasteiger partial charge in [-0.15, -0.1) is 11.3 Å². The fourth-order valence-electron chi connectivity index (χ4n) is 7.30. The molecule has 7 rings (SSSR count). The number of nitriles is 1. The second-order valence-corrected chi connectivity index (χ2v) is 15.6. The van der Waals surface area contributed by atoms with Crippen LogP contribution in [-0.2, 0) is 22.7 Å². The molecule has 2 unspecified atom stereocenters. The van der Waals surface area contributed by atoms with Gasteiger partial charge in [-0.3, -0.25) is 15.2 Å². The molecule has 252 valence electrons. The molecule has 3 aliphatic rings. The van der Waals surface area contributed by atoms with Crippen LogP contribution in [0.25, 0.3) is 32.2 Å². The molecule has 4 aromatic rings. The van der Waals surface area contributed by atoms with E-state index >= 15 is 8.78 Å². The van der Waals surface area contributed by atoms with E-state index in [1.54, 1.807) is 20.8 Å². The number of pyridine rings is 1. The van der Waals surface area contributed by atoms with Gasteiger partial charge in [0.15, 0.2) is 16.8 Å². The standard InChI is InChI=1S/C34H37F2N7O3S2/c1-6-10-42-13-17-8-9-18(14-42)43(17)30-25-21-16-45-15-20(21)23(26(36)28(25)39-32(40-30)47-7-2)27-24-19(11-37)31(41-33(44)46-34(3,4)5)48-29(24)22(35)12-38-27/h12,17-18H,6-10,13-16H2,1-5H3,(H,41,44). The summed E-state index contributed by atoms with van der Waals surface area (Å²) < 4.78 is 44.1. The van der Waals surface area contributed by atoms with Gasteiger partial charge < -0.3 is 14.4 Å². The number of carbonyl (C=O) groups is 1. The number of carbonyl (C=O) groups excluding carboxylic acids is 1. The van der Waals surface area contributed by atoms with Gasteiger partial charge in [-0.05, 0) is 63.5 Å². The number of anilines is 2. The molecule has 0 radical (unpaired) electrons. The largest absolute Gasteiger partial charge is 0.444 e. The molecule has 3 aromatic heterocycles. The second kappa shape index (κ2) is 12.7. The first-order valence-corrected chi connectivity index (χ1v) is 18.1. The summed E-state index contributed by atoms with van der Waals surface area (Å²) in [6.45, 7) is 12.6. The fraction of sp³-hybridized carbons (Fsp3) is 0.500. The number of fused-ring (bicyclic) bond motifs is 6. The average Bonchev–Trinajstić information content (AvgIpc) is 3.72. The Kier molecular flexibility index (Phi) is 8.68. The van der Waals surface area contributed by atoms with E-state index in [2.05, 4.69) is 33.1 Å². The first-order chi connectivity index (χ1) is 23.0. The highest BCUT2D eigenvalue weighted by atomic mass is 32.2. The van der Waals surface area contributed by atoms with Gasteiger partial charge in [-0.25, -0.2) is 23.5 Å². The number of likely N-dealkylation sites (tertiary alicyclic amines) is 1. The first kappa shape index (κ1) is 32.9. The minimum Gasteiger partial charge on any atom is -0.444 e. The Morgan fingerprint density at radius 1 is 1.17 bits per heavy atom. The maximum absolute atomic E-state index is 17.3. The highest BCUT2D eigenvalue weighted by molar-refractivity contribution is 7.99. The average molecular weight is 694 g/mol. The lowest BCUT2D eigenvalue weighted by Gasteiger charge is -2.42. The molecule has 6 heterocycles. The van der Waals surface area contributed by atoms with Crippen LogP contribution in [0, 0.1) is 23.0 Å². The van der Waals surface area contributed by atoms with Crippen LogP contribution in [0.1, 0.15) is 70.6 Å². The lowest BCUT2D eigenvalue weighted by atomic mass is 9.93. The molecule has 0 saturated carbocycles. The Morgan fingerprint density at radius 2 is 1.90 bits per heavy atom. The molecular formula is C34H37F2N7O3S2. The van der Waals surface area contributed by atoms with Crippen LogP contribution in [-0.4, -0.2) is 69.0 Å². The number of piperazine rings is 1. The van der Waals surface area contributed by atoms with Crippen molar-refractivity contribution in [2.24, 2.45) is 0 Å². The van der Waals surface area contributed by atoms with E-state index in [1.807, 2.05) is 6.92 Å². The summed E-state index contributed by atoms with van der Waals surface area (Å²) in [5.74, 6) is 0.134. The number of thiophene rings is 1. The summed E-state index contributed by atoms with van der Waals surface area (Å²) in [6, 6.07) is 2.61. The zero-order valence-corrected chi connectivity index (χ0v) is 29.2. The van der Waals surface area contributed by atoms with Crippen LogP contribution in [0.15, 0.2) is 11.4 Å². The van der Waals surface area contributed by atoms with Crippen molar-refractivity contribution in [3.05, 3.63) is 34.5 Å². The van der Waals surface area contributed by atoms with E-state index in [9.17, 15) is 10.1 Å². The van der Waals surface area contributed by atoms with E-state index in [0.717, 1.165) is 67.8 Å². The Balaban J connectivity index is 1.44. The number of hydrogen-bond donors (Lipinski definition) is 1. The molecule has 0 spiro atoms. The van der Waals surface area contributed by atoms with Gasteiger partial charge in [0.05, 0.1) is 40.8 Å². The van der Waals surface area contributed by atoms with E-state index in [1.165, 1.54) is 11.8 Å². The van der Waals surface area contributed by atoms with Crippen molar-refractivity contribution in [2.45, 2.75) is 89.9 Å². The lowest BCUT2D eigenvalue weighted by Crippen LogP contribution is -2.54. The Morgan fingerprint density at radius 3 is 2.56 bits per heavy atom. The number of rotatable bonds is 7. The second-order valence-electron chi connectivity index (χ2n) is 13.4. The molecule has 2 bridgehead atoms. The van der Waals surface area contributed by atoms with Crippen LogP contribution >= 0.6 is 23.1 Å². The van der Waals surface area contributed by atoms with Crippen LogP contribution in [0.5, 0.6) is 0 Å². The van der Waals surface area contributed by atoms with Crippen molar-refractivity contribution in [3.8, 4) is 17.3 Å². The fourth-order valence-corrected chi connectivity index (χ4v) is 8.91. The predicted octanol–water partition coefficient (Wildman–Crippen LogP) is 7.61. The highest BCUT2D eigenvalue weighted by Gasteiger charge is 2.42. The van der Waals surface area contributed by atoms with Crippen molar-refractivity contribution in [1.82, 2.24) is 19.9 Å². The maximum Gasteiger partial charge on any atom is 0.412 e. The summed E-state index contributed by atoms with van der Waals surface area (Å²) in [5.41, 5.74) is 0.905. The minimum atomic E-state index is -0.793. The van der Waals surface area contributed by atoms with E-state index in [-0.39, 0.29) is 62.7 Å². The predicted molar refractivity (Wildman–Crippen MR) is 184 cm³/mol. The van der Waals surface area contributed by atoms with Gasteiger partial charge in [-0.1, -0.05) is 25.6 Å². The highest BCUT2D eigenvalue weighted by Crippen LogP contribution is 2.48. The molecular weight excluding hydrogens is 657 g/mol. The molecule has 1 aromatic carbocycles. The van der Waals surface area contributed by atoms with Crippen molar-refractivity contribution in [2.75, 3.05) is 35.6 Å². The topological polar surface area (TPSA) is 117 Å². The van der Waals surface area contributed by atoms with Crippen molar-refractivity contribution in [1.29, 1.82) is 5.26 Å². The third-order valence-corrected chi connectivity index (χ3v) is 10.8. The minimum absolute atomic E-state index is 0.0258. The number of nitrogens with zero attached hydrogens (tertiary/aromatic N) is 6. The normalized spacial score (nSPS) is 19.2. The third kappa shape index (κ3) is 5.64.